The molecule has 0 atom stereocenters. The summed E-state index contributed by atoms with van der Waals surface area (Å²) in [4.78, 5) is 46.9. The molecule has 6 rings (SSSR count). The van der Waals surface area contributed by atoms with Crippen LogP contribution in [0.2, 0.25) is 0 Å². The Balaban J connectivity index is 1.22. The average Bonchev–Trinajstić information content (AvgIpc) is 3.64. The van der Waals surface area contributed by atoms with Gasteiger partial charge in [0.1, 0.15) is 17.9 Å². The predicted octanol–water partition coefficient (Wildman–Crippen LogP) is 8.60. The molecule has 0 saturated heterocycles. The first-order valence-electron chi connectivity index (χ1n) is 16.4. The van der Waals surface area contributed by atoms with E-state index in [2.05, 4.69) is 62.1 Å². The maximum absolute atomic E-state index is 14.2. The second-order valence-corrected chi connectivity index (χ2v) is 14.9. The Kier molecular flexibility index (Phi) is 12.9. The van der Waals surface area contributed by atoms with E-state index in [1.807, 2.05) is 91.0 Å². The number of benzene rings is 4. The van der Waals surface area contributed by atoms with Crippen molar-refractivity contribution in [2.75, 3.05) is 12.5 Å². The summed E-state index contributed by atoms with van der Waals surface area (Å²) >= 11 is 5.38. The smallest absolute Gasteiger partial charge is 0.285 e. The standard InChI is InChI=1S/C41H33I2N3O6S/c1-3-5-16-30(4-2)46-40(49)31(19-27-20-32(42)38(33(43)21-27)50-23-26-17-18-34-35(22-26)52-25-51-34)39(48)45-41(46)53-24-36(47)44-37(28-12-8-6-9-13-28)29-14-10-7-11-15-29/h3-22,37H,1,23-25H2,2H3,(H,44,47)/b16-5-,30-4+,31-19+. The summed E-state index contributed by atoms with van der Waals surface area (Å²) < 4.78 is 18.7. The lowest BCUT2D eigenvalue weighted by atomic mass is 9.99. The van der Waals surface area contributed by atoms with E-state index in [0.717, 1.165) is 35.6 Å². The number of nitrogens with one attached hydrogen (secondary N) is 1. The molecule has 0 radical (unpaired) electrons. The molecule has 4 aromatic rings. The molecular weight excluding hydrogens is 916 g/mol. The average molecular weight is 950 g/mol. The van der Waals surface area contributed by atoms with E-state index >= 15 is 0 Å². The number of carbonyl (C=O) groups is 3. The van der Waals surface area contributed by atoms with Gasteiger partial charge in [-0.1, -0.05) is 103 Å². The van der Waals surface area contributed by atoms with Crippen LogP contribution in [0.3, 0.4) is 0 Å². The van der Waals surface area contributed by atoms with Crippen LogP contribution in [0, 0.1) is 7.14 Å². The molecule has 4 aromatic carbocycles. The molecule has 12 heteroatoms. The van der Waals surface area contributed by atoms with Gasteiger partial charge in [-0.15, -0.1) is 0 Å². The van der Waals surface area contributed by atoms with Gasteiger partial charge in [0.05, 0.1) is 18.9 Å². The SMILES string of the molecule is C=C/C=C\C(=C/C)N1C(=O)/C(=C/c2cc(I)c(OCc3ccc4c(c3)OCO4)c(I)c2)C(=O)N=C1SCC(=O)NC(c1ccccc1)c1ccccc1. The Morgan fingerprint density at radius 1 is 0.981 bits per heavy atom. The fourth-order valence-electron chi connectivity index (χ4n) is 5.55. The van der Waals surface area contributed by atoms with Gasteiger partial charge in [-0.3, -0.25) is 19.3 Å². The summed E-state index contributed by atoms with van der Waals surface area (Å²) in [5, 5.41) is 3.21. The van der Waals surface area contributed by atoms with Gasteiger partial charge in [0.2, 0.25) is 12.7 Å². The second-order valence-electron chi connectivity index (χ2n) is 11.6. The van der Waals surface area contributed by atoms with Gasteiger partial charge < -0.3 is 19.5 Å². The summed E-state index contributed by atoms with van der Waals surface area (Å²) in [6.45, 7) is 6.03. The van der Waals surface area contributed by atoms with Crippen molar-refractivity contribution in [1.29, 1.82) is 0 Å². The first kappa shape index (κ1) is 38.1. The topological polar surface area (TPSA) is 107 Å². The second kappa shape index (κ2) is 17.9. The Morgan fingerprint density at radius 2 is 1.64 bits per heavy atom. The van der Waals surface area contributed by atoms with Gasteiger partial charge in [0, 0.05) is 5.70 Å². The van der Waals surface area contributed by atoms with Crippen molar-refractivity contribution in [2.45, 2.75) is 19.6 Å². The minimum atomic E-state index is -0.697. The molecule has 2 aliphatic rings. The molecule has 268 valence electrons. The van der Waals surface area contributed by atoms with Crippen LogP contribution in [-0.2, 0) is 21.0 Å². The summed E-state index contributed by atoms with van der Waals surface area (Å²) in [6.07, 6.45) is 8.25. The number of thioether (sulfide) groups is 1. The van der Waals surface area contributed by atoms with Gasteiger partial charge in [0.25, 0.3) is 11.8 Å². The molecule has 1 N–H and O–H groups in total. The van der Waals surface area contributed by atoms with Crippen LogP contribution >= 0.6 is 56.9 Å². The van der Waals surface area contributed by atoms with E-state index in [4.69, 9.17) is 14.2 Å². The quantitative estimate of drug-likeness (QED) is 0.0657. The van der Waals surface area contributed by atoms with Crippen molar-refractivity contribution in [3.63, 3.8) is 0 Å². The van der Waals surface area contributed by atoms with Gasteiger partial charge in [-0.2, -0.15) is 4.99 Å². The lowest BCUT2D eigenvalue weighted by Crippen LogP contribution is -2.42. The fraction of sp³-hybridized carbons (Fsp3) is 0.122. The van der Waals surface area contributed by atoms with Crippen molar-refractivity contribution in [3.8, 4) is 17.2 Å². The van der Waals surface area contributed by atoms with Crippen LogP contribution in [-0.4, -0.2) is 40.3 Å². The third-order valence-corrected chi connectivity index (χ3v) is 10.6. The molecule has 0 saturated carbocycles. The number of fused-ring (bicyclic) bond motifs is 1. The highest BCUT2D eigenvalue weighted by Gasteiger charge is 2.35. The van der Waals surface area contributed by atoms with E-state index in [0.29, 0.717) is 35.1 Å². The van der Waals surface area contributed by atoms with Crippen molar-refractivity contribution in [1.82, 2.24) is 10.2 Å². The first-order valence-corrected chi connectivity index (χ1v) is 19.6. The highest BCUT2D eigenvalue weighted by Crippen LogP contribution is 2.35. The highest BCUT2D eigenvalue weighted by molar-refractivity contribution is 14.1. The van der Waals surface area contributed by atoms with E-state index in [9.17, 15) is 14.4 Å². The number of amides is 3. The number of carbonyl (C=O) groups excluding carboxylic acids is 3. The summed E-state index contributed by atoms with van der Waals surface area (Å²) in [5.41, 5.74) is 3.77. The molecule has 53 heavy (non-hydrogen) atoms. The summed E-state index contributed by atoms with van der Waals surface area (Å²) in [7, 11) is 0. The van der Waals surface area contributed by atoms with Gasteiger partial charge in [-0.25, -0.2) is 0 Å². The minimum absolute atomic E-state index is 0.0859. The van der Waals surface area contributed by atoms with Crippen molar-refractivity contribution >= 4 is 85.9 Å². The molecule has 0 spiro atoms. The molecule has 3 amide bonds. The number of ether oxygens (including phenoxy) is 3. The van der Waals surface area contributed by atoms with Crippen LogP contribution in [0.5, 0.6) is 17.2 Å². The van der Waals surface area contributed by atoms with Crippen LogP contribution in [0.15, 0.2) is 138 Å². The summed E-state index contributed by atoms with van der Waals surface area (Å²) in [6, 6.07) is 28.3. The zero-order valence-electron chi connectivity index (χ0n) is 28.5. The molecule has 2 heterocycles. The normalized spacial score (nSPS) is 14.9. The molecule has 0 unspecified atom stereocenters. The monoisotopic (exact) mass is 949 g/mol. The lowest BCUT2D eigenvalue weighted by Gasteiger charge is -2.28. The molecule has 0 fully saturated rings. The largest absolute Gasteiger partial charge is 0.487 e. The van der Waals surface area contributed by atoms with Crippen molar-refractivity contribution in [2.24, 2.45) is 4.99 Å². The number of nitrogens with zero attached hydrogens (tertiary/aromatic N) is 2. The number of hydrogen-bond acceptors (Lipinski definition) is 7. The van der Waals surface area contributed by atoms with Crippen LogP contribution in [0.25, 0.3) is 6.08 Å². The molecule has 0 bridgehead atoms. The van der Waals surface area contributed by atoms with E-state index in [1.54, 1.807) is 31.2 Å². The molecule has 9 nitrogen and oxygen atoms in total. The third kappa shape index (κ3) is 9.29. The third-order valence-electron chi connectivity index (χ3n) is 8.06. The van der Waals surface area contributed by atoms with Gasteiger partial charge >= 0.3 is 0 Å². The highest BCUT2D eigenvalue weighted by atomic mass is 127. The van der Waals surface area contributed by atoms with Gasteiger partial charge in [-0.05, 0) is 111 Å². The fourth-order valence-corrected chi connectivity index (χ4v) is 8.48. The number of rotatable bonds is 12. The number of amidine groups is 1. The number of hydrogen-bond donors (Lipinski definition) is 1. The molecule has 0 aromatic heterocycles. The molecule has 0 aliphatic carbocycles. The van der Waals surface area contributed by atoms with Crippen LogP contribution in [0.4, 0.5) is 0 Å². The Labute approximate surface area is 339 Å². The molecule has 2 aliphatic heterocycles. The zero-order valence-corrected chi connectivity index (χ0v) is 33.6. The molecular formula is C41H33I2N3O6S. The van der Waals surface area contributed by atoms with Crippen molar-refractivity contribution < 1.29 is 28.6 Å². The maximum atomic E-state index is 14.2. The van der Waals surface area contributed by atoms with Crippen LogP contribution < -0.4 is 19.5 Å². The maximum Gasteiger partial charge on any atom is 0.285 e. The lowest BCUT2D eigenvalue weighted by molar-refractivity contribution is -0.126. The van der Waals surface area contributed by atoms with E-state index in [1.165, 1.54) is 11.0 Å². The Bertz CT molecular complexity index is 2110. The Hall–Kier alpha value is -4.67. The predicted molar refractivity (Wildman–Crippen MR) is 224 cm³/mol. The Morgan fingerprint density at radius 3 is 2.28 bits per heavy atom. The number of halogens is 2. The number of allylic oxidation sites excluding steroid dienone is 4. The van der Waals surface area contributed by atoms with E-state index < -0.39 is 11.8 Å². The zero-order chi connectivity index (χ0) is 37.3. The van der Waals surface area contributed by atoms with E-state index in [-0.39, 0.29) is 35.2 Å². The van der Waals surface area contributed by atoms with Crippen LogP contribution in [0.1, 0.15) is 35.2 Å². The number of aliphatic imine (C=N–C) groups is 1. The van der Waals surface area contributed by atoms with Gasteiger partial charge in [0.15, 0.2) is 16.7 Å². The first-order chi connectivity index (χ1) is 25.7. The minimum Gasteiger partial charge on any atom is -0.487 e. The van der Waals surface area contributed by atoms with Crippen molar-refractivity contribution in [3.05, 3.63) is 163 Å². The summed E-state index contributed by atoms with van der Waals surface area (Å²) in [5.74, 6) is 0.432.